The Balaban J connectivity index is 1.85. The number of carbonyl (C=O) groups excluding carboxylic acids is 2. The smallest absolute Gasteiger partial charge is 0.419 e. The van der Waals surface area contributed by atoms with E-state index >= 15 is 0 Å². The second-order valence-corrected chi connectivity index (χ2v) is 8.82. The van der Waals surface area contributed by atoms with Gasteiger partial charge in [0.1, 0.15) is 17.0 Å². The van der Waals surface area contributed by atoms with Crippen molar-refractivity contribution in [1.29, 1.82) is 0 Å². The Labute approximate surface area is 167 Å². The molecule has 2 saturated heterocycles. The first-order chi connectivity index (χ1) is 13.4. The van der Waals surface area contributed by atoms with E-state index in [0.29, 0.717) is 18.9 Å². The van der Waals surface area contributed by atoms with Gasteiger partial charge in [-0.3, -0.25) is 4.79 Å². The molecule has 2 unspecified atom stereocenters. The number of fused-ring (bicyclic) bond motifs is 2. The van der Waals surface area contributed by atoms with Crippen LogP contribution < -0.4 is 0 Å². The zero-order valence-corrected chi connectivity index (χ0v) is 16.7. The maximum atomic E-state index is 13.9. The highest BCUT2D eigenvalue weighted by Crippen LogP contribution is 2.41. The number of hydrogen-bond acceptors (Lipinski definition) is 3. The van der Waals surface area contributed by atoms with Gasteiger partial charge in [0.05, 0.1) is 0 Å². The Hall–Kier alpha value is -2.12. The normalized spacial score (nSPS) is 24.9. The summed E-state index contributed by atoms with van der Waals surface area (Å²) in [7, 11) is 0. The number of alkyl halides is 3. The van der Waals surface area contributed by atoms with E-state index in [2.05, 4.69) is 0 Å². The van der Waals surface area contributed by atoms with Gasteiger partial charge < -0.3 is 9.64 Å². The Morgan fingerprint density at radius 1 is 1.07 bits per heavy atom. The van der Waals surface area contributed by atoms with E-state index in [0.717, 1.165) is 18.6 Å². The molecular formula is C21H25F4NO3. The van der Waals surface area contributed by atoms with Gasteiger partial charge in [-0.05, 0) is 58.9 Å². The minimum Gasteiger partial charge on any atom is -0.444 e. The van der Waals surface area contributed by atoms with Crippen LogP contribution in [-0.2, 0) is 10.9 Å². The molecule has 29 heavy (non-hydrogen) atoms. The van der Waals surface area contributed by atoms with Crippen molar-refractivity contribution in [3.8, 4) is 0 Å². The van der Waals surface area contributed by atoms with Gasteiger partial charge in [-0.1, -0.05) is 12.1 Å². The van der Waals surface area contributed by atoms with Crippen LogP contribution in [0.25, 0.3) is 0 Å². The number of nitrogens with zero attached hydrogens (tertiary/aromatic N) is 1. The molecule has 1 amide bonds. The molecule has 0 aromatic heterocycles. The molecule has 4 nitrogen and oxygen atoms in total. The van der Waals surface area contributed by atoms with Crippen molar-refractivity contribution in [2.24, 2.45) is 5.92 Å². The summed E-state index contributed by atoms with van der Waals surface area (Å²) in [5.41, 5.74) is -2.81. The highest BCUT2D eigenvalue weighted by Gasteiger charge is 2.46. The van der Waals surface area contributed by atoms with Gasteiger partial charge >= 0.3 is 12.3 Å². The van der Waals surface area contributed by atoms with Crippen LogP contribution in [0.4, 0.5) is 22.4 Å². The predicted octanol–water partition coefficient (Wildman–Crippen LogP) is 5.60. The van der Waals surface area contributed by atoms with Crippen LogP contribution in [0.3, 0.4) is 0 Å². The molecule has 2 aliphatic rings. The first kappa shape index (κ1) is 21.6. The average Bonchev–Trinajstić information content (AvgIpc) is 2.57. The molecule has 2 heterocycles. The Bertz CT molecular complexity index is 786. The monoisotopic (exact) mass is 415 g/mol. The summed E-state index contributed by atoms with van der Waals surface area (Å²) in [4.78, 5) is 27.2. The molecule has 0 radical (unpaired) electrons. The van der Waals surface area contributed by atoms with Crippen LogP contribution in [0.1, 0.15) is 68.8 Å². The molecule has 2 fully saturated rings. The first-order valence-electron chi connectivity index (χ1n) is 9.79. The Kier molecular flexibility index (Phi) is 5.66. The first-order valence-corrected chi connectivity index (χ1v) is 9.79. The standard InChI is InChI=1S/C21H25F4NO3/c1-20(2,3)29-19(28)26-13-6-4-7-14(26)11-12(10-13)18(27)15-8-5-9-16(22)17(15)21(23,24)25/h5,8-9,12-14H,4,6-7,10-11H2,1-3H3. The molecule has 2 aliphatic heterocycles. The third kappa shape index (κ3) is 4.56. The minimum absolute atomic E-state index is 0.252. The number of amides is 1. The molecule has 1 aromatic rings. The zero-order valence-electron chi connectivity index (χ0n) is 16.7. The number of benzene rings is 1. The van der Waals surface area contributed by atoms with Crippen LogP contribution in [0.15, 0.2) is 18.2 Å². The third-order valence-electron chi connectivity index (χ3n) is 5.51. The van der Waals surface area contributed by atoms with Crippen LogP contribution >= 0.6 is 0 Å². The van der Waals surface area contributed by atoms with Crippen molar-refractivity contribution >= 4 is 11.9 Å². The number of ether oxygens (including phenoxy) is 1. The quantitative estimate of drug-likeness (QED) is 0.467. The topological polar surface area (TPSA) is 46.6 Å². The van der Waals surface area contributed by atoms with Crippen molar-refractivity contribution in [3.05, 3.63) is 35.1 Å². The minimum atomic E-state index is -4.95. The van der Waals surface area contributed by atoms with E-state index < -0.39 is 46.5 Å². The van der Waals surface area contributed by atoms with Gasteiger partial charge in [0.15, 0.2) is 5.78 Å². The lowest BCUT2D eigenvalue weighted by Crippen LogP contribution is -2.56. The SMILES string of the molecule is CC(C)(C)OC(=O)N1C2CCCC1CC(C(=O)c1cccc(F)c1C(F)(F)F)C2. The highest BCUT2D eigenvalue weighted by atomic mass is 19.4. The molecule has 8 heteroatoms. The Morgan fingerprint density at radius 2 is 1.66 bits per heavy atom. The van der Waals surface area contributed by atoms with Crippen LogP contribution in [0, 0.1) is 11.7 Å². The summed E-state index contributed by atoms with van der Waals surface area (Å²) < 4.78 is 59.4. The predicted molar refractivity (Wildman–Crippen MR) is 98.0 cm³/mol. The van der Waals surface area contributed by atoms with Gasteiger partial charge in [0.25, 0.3) is 0 Å². The zero-order chi connectivity index (χ0) is 21.6. The molecule has 0 spiro atoms. The highest BCUT2D eigenvalue weighted by molar-refractivity contribution is 5.99. The molecule has 160 valence electrons. The molecule has 2 bridgehead atoms. The van der Waals surface area contributed by atoms with Gasteiger partial charge in [-0.25, -0.2) is 9.18 Å². The number of halogens is 4. The fraction of sp³-hybridized carbons (Fsp3) is 0.619. The number of carbonyl (C=O) groups is 2. The lowest BCUT2D eigenvalue weighted by Gasteiger charge is -2.48. The summed E-state index contributed by atoms with van der Waals surface area (Å²) in [6.07, 6.45) is -2.71. The maximum Gasteiger partial charge on any atom is 0.419 e. The Morgan fingerprint density at radius 3 is 2.17 bits per heavy atom. The van der Waals surface area contributed by atoms with E-state index in [1.165, 1.54) is 0 Å². The van der Waals surface area contributed by atoms with Gasteiger partial charge in [0, 0.05) is 23.6 Å². The summed E-state index contributed by atoms with van der Waals surface area (Å²) in [6.45, 7) is 5.29. The molecule has 1 aromatic carbocycles. The van der Waals surface area contributed by atoms with Crippen LogP contribution in [0.2, 0.25) is 0 Å². The fourth-order valence-electron chi connectivity index (χ4n) is 4.45. The van der Waals surface area contributed by atoms with Gasteiger partial charge in [-0.2, -0.15) is 13.2 Å². The van der Waals surface area contributed by atoms with E-state index in [4.69, 9.17) is 4.74 Å². The molecule has 3 rings (SSSR count). The third-order valence-corrected chi connectivity index (χ3v) is 5.51. The van der Waals surface area contributed by atoms with Crippen molar-refractivity contribution in [2.75, 3.05) is 0 Å². The second kappa shape index (κ2) is 7.61. The molecule has 0 N–H and O–H groups in total. The summed E-state index contributed by atoms with van der Waals surface area (Å²) in [5.74, 6) is -2.85. The largest absolute Gasteiger partial charge is 0.444 e. The van der Waals surface area contributed by atoms with E-state index in [9.17, 15) is 27.2 Å². The molecular weight excluding hydrogens is 390 g/mol. The lowest BCUT2D eigenvalue weighted by atomic mass is 9.75. The van der Waals surface area contributed by atoms with E-state index in [1.807, 2.05) is 0 Å². The number of Topliss-reactive ketones (excluding diaryl/α,β-unsaturated/α-hetero) is 1. The number of ketones is 1. The van der Waals surface area contributed by atoms with Crippen LogP contribution in [-0.4, -0.2) is 34.5 Å². The lowest BCUT2D eigenvalue weighted by molar-refractivity contribution is -0.140. The van der Waals surface area contributed by atoms with E-state index in [1.54, 1.807) is 25.7 Å². The summed E-state index contributed by atoms with van der Waals surface area (Å²) in [5, 5.41) is 0. The fourth-order valence-corrected chi connectivity index (χ4v) is 4.45. The average molecular weight is 415 g/mol. The van der Waals surface area contributed by atoms with E-state index in [-0.39, 0.29) is 24.9 Å². The van der Waals surface area contributed by atoms with Crippen molar-refractivity contribution in [2.45, 2.75) is 76.7 Å². The number of rotatable bonds is 2. The number of hydrogen-bond donors (Lipinski definition) is 0. The molecule has 0 aliphatic carbocycles. The number of piperidine rings is 2. The molecule has 0 saturated carbocycles. The van der Waals surface area contributed by atoms with Gasteiger partial charge in [0.2, 0.25) is 0 Å². The van der Waals surface area contributed by atoms with Crippen molar-refractivity contribution < 1.29 is 31.9 Å². The molecule has 2 atom stereocenters. The van der Waals surface area contributed by atoms with Crippen LogP contribution in [0.5, 0.6) is 0 Å². The van der Waals surface area contributed by atoms with Gasteiger partial charge in [-0.15, -0.1) is 0 Å². The van der Waals surface area contributed by atoms with Crippen molar-refractivity contribution in [3.63, 3.8) is 0 Å². The van der Waals surface area contributed by atoms with Crippen molar-refractivity contribution in [1.82, 2.24) is 4.90 Å². The summed E-state index contributed by atoms with van der Waals surface area (Å²) >= 11 is 0. The summed E-state index contributed by atoms with van der Waals surface area (Å²) in [6, 6.07) is 2.32. The maximum absolute atomic E-state index is 13.9. The second-order valence-electron chi connectivity index (χ2n) is 8.82.